The van der Waals surface area contributed by atoms with Gasteiger partial charge in [0.05, 0.1) is 24.7 Å². The smallest absolute Gasteiger partial charge is 0.272 e. The van der Waals surface area contributed by atoms with Crippen molar-refractivity contribution in [2.75, 3.05) is 24.3 Å². The molecule has 1 aliphatic carbocycles. The molecule has 3 aromatic rings. The van der Waals surface area contributed by atoms with Crippen molar-refractivity contribution in [1.29, 1.82) is 0 Å². The van der Waals surface area contributed by atoms with Crippen molar-refractivity contribution >= 4 is 58.5 Å². The number of para-hydroxylation sites is 1. The summed E-state index contributed by atoms with van der Waals surface area (Å²) in [5, 5.41) is 27.9. The maximum absolute atomic E-state index is 13.1. The summed E-state index contributed by atoms with van der Waals surface area (Å²) < 4.78 is 5.72. The lowest BCUT2D eigenvalue weighted by Crippen LogP contribution is -2.50. The van der Waals surface area contributed by atoms with Crippen LogP contribution in [-0.4, -0.2) is 85.3 Å². The molecule has 1 fully saturated rings. The van der Waals surface area contributed by atoms with E-state index in [9.17, 15) is 14.4 Å². The van der Waals surface area contributed by atoms with Crippen molar-refractivity contribution < 1.29 is 19.1 Å². The summed E-state index contributed by atoms with van der Waals surface area (Å²) in [6.45, 7) is 2.34. The molecule has 0 spiro atoms. The standard InChI is InChI=1S/C23H30B3N9O4/c1-3-27-18(36)11-35-28-10-16(34-35)13-5-4-6-14(20(13)39-2)29-15-9-17(30-21(37)12-7-8-12)32-33-19(15)22(38)31-23(24,25)26/h4-6,9-10,12H,3,7-8,11,24-26H2,1-2H3,(H,27,36)(H,31,38)(H2,29,30,32,37). The highest BCUT2D eigenvalue weighted by Gasteiger charge is 2.30. The van der Waals surface area contributed by atoms with Crippen molar-refractivity contribution in [3.05, 3.63) is 36.2 Å². The molecule has 1 aromatic carbocycles. The number of ether oxygens (including phenoxy) is 1. The van der Waals surface area contributed by atoms with Crippen LogP contribution < -0.4 is 26.0 Å². The fourth-order valence-corrected chi connectivity index (χ4v) is 3.77. The van der Waals surface area contributed by atoms with Crippen LogP contribution in [0.15, 0.2) is 30.5 Å². The Kier molecular flexibility index (Phi) is 8.22. The first kappa shape index (κ1) is 27.7. The van der Waals surface area contributed by atoms with E-state index < -0.39 is 11.1 Å². The number of benzene rings is 1. The molecule has 16 heteroatoms. The summed E-state index contributed by atoms with van der Waals surface area (Å²) in [5.41, 5.74) is 2.01. The largest absolute Gasteiger partial charge is 0.494 e. The molecule has 1 saturated carbocycles. The third-order valence-corrected chi connectivity index (χ3v) is 5.66. The Balaban J connectivity index is 1.67. The van der Waals surface area contributed by atoms with Crippen LogP contribution >= 0.6 is 0 Å². The quantitative estimate of drug-likeness (QED) is 0.210. The van der Waals surface area contributed by atoms with Gasteiger partial charge in [0, 0.05) is 24.1 Å². The van der Waals surface area contributed by atoms with Crippen LogP contribution in [-0.2, 0) is 16.1 Å². The minimum Gasteiger partial charge on any atom is -0.494 e. The molecular formula is C23H30B3N9O4. The van der Waals surface area contributed by atoms with Gasteiger partial charge in [-0.15, -0.1) is 10.2 Å². The summed E-state index contributed by atoms with van der Waals surface area (Å²) in [7, 11) is 7.10. The molecule has 2 aromatic heterocycles. The van der Waals surface area contributed by atoms with Crippen molar-refractivity contribution in [1.82, 2.24) is 35.8 Å². The molecule has 0 saturated heterocycles. The number of hydrogen-bond donors (Lipinski definition) is 4. The van der Waals surface area contributed by atoms with Crippen LogP contribution in [0, 0.1) is 5.92 Å². The molecule has 200 valence electrons. The fraction of sp³-hybridized carbons (Fsp3) is 0.348. The summed E-state index contributed by atoms with van der Waals surface area (Å²) >= 11 is 0. The molecular weight excluding hydrogens is 499 g/mol. The molecule has 1 aliphatic rings. The van der Waals surface area contributed by atoms with Crippen molar-refractivity contribution in [2.24, 2.45) is 5.92 Å². The van der Waals surface area contributed by atoms with Crippen LogP contribution in [0.5, 0.6) is 5.75 Å². The number of rotatable bonds is 11. The topological polar surface area (TPSA) is 165 Å². The monoisotopic (exact) mass is 529 g/mol. The van der Waals surface area contributed by atoms with Gasteiger partial charge in [-0.05, 0) is 37.1 Å². The highest BCUT2D eigenvalue weighted by molar-refractivity contribution is 6.60. The van der Waals surface area contributed by atoms with Gasteiger partial charge in [0.15, 0.2) is 17.3 Å². The molecule has 39 heavy (non-hydrogen) atoms. The number of nitrogens with zero attached hydrogens (tertiary/aromatic N) is 5. The van der Waals surface area contributed by atoms with Gasteiger partial charge in [0.2, 0.25) is 11.8 Å². The normalized spacial score (nSPS) is 12.9. The molecule has 0 bridgehead atoms. The van der Waals surface area contributed by atoms with Crippen LogP contribution in [0.3, 0.4) is 0 Å². The number of hydrogen-bond acceptors (Lipinski definition) is 9. The molecule has 2 heterocycles. The molecule has 4 rings (SSSR count). The lowest BCUT2D eigenvalue weighted by molar-refractivity contribution is -0.122. The first-order valence-electron chi connectivity index (χ1n) is 12.7. The van der Waals surface area contributed by atoms with Gasteiger partial charge in [-0.3, -0.25) is 14.4 Å². The van der Waals surface area contributed by atoms with Crippen LogP contribution in [0.25, 0.3) is 11.3 Å². The minimum atomic E-state index is -0.508. The minimum absolute atomic E-state index is 0.0155. The number of carbonyl (C=O) groups is 3. The van der Waals surface area contributed by atoms with Gasteiger partial charge in [0.1, 0.15) is 35.8 Å². The SMILES string of the molecule is BC(B)(B)NC(=O)c1nnc(NC(=O)C2CC2)cc1Nc1cccc(-c2cnn(CC(=O)NCC)n2)c1OC. The van der Waals surface area contributed by atoms with E-state index in [0.717, 1.165) is 12.8 Å². The van der Waals surface area contributed by atoms with Crippen LogP contribution in [0.4, 0.5) is 17.2 Å². The first-order chi connectivity index (χ1) is 18.6. The van der Waals surface area contributed by atoms with E-state index in [-0.39, 0.29) is 35.8 Å². The molecule has 0 atom stereocenters. The van der Waals surface area contributed by atoms with E-state index in [1.54, 1.807) is 24.4 Å². The average Bonchev–Trinajstić information content (AvgIpc) is 3.62. The van der Waals surface area contributed by atoms with E-state index in [1.807, 2.05) is 36.5 Å². The Labute approximate surface area is 228 Å². The molecule has 0 radical (unpaired) electrons. The van der Waals surface area contributed by atoms with Crippen LogP contribution in [0.2, 0.25) is 0 Å². The Morgan fingerprint density at radius 2 is 1.92 bits per heavy atom. The van der Waals surface area contributed by atoms with E-state index in [2.05, 4.69) is 41.7 Å². The van der Waals surface area contributed by atoms with Gasteiger partial charge in [-0.25, -0.2) is 0 Å². The highest BCUT2D eigenvalue weighted by atomic mass is 16.5. The van der Waals surface area contributed by atoms with Crippen molar-refractivity contribution in [3.8, 4) is 17.0 Å². The predicted molar refractivity (Wildman–Crippen MR) is 153 cm³/mol. The van der Waals surface area contributed by atoms with E-state index >= 15 is 0 Å². The van der Waals surface area contributed by atoms with Gasteiger partial charge in [0.25, 0.3) is 5.91 Å². The fourth-order valence-electron chi connectivity index (χ4n) is 3.77. The number of nitrogens with one attached hydrogen (secondary N) is 4. The second-order valence-corrected chi connectivity index (χ2v) is 10.2. The lowest BCUT2D eigenvalue weighted by Gasteiger charge is -2.22. The maximum Gasteiger partial charge on any atom is 0.272 e. The zero-order valence-corrected chi connectivity index (χ0v) is 22.7. The van der Waals surface area contributed by atoms with E-state index in [1.165, 1.54) is 11.9 Å². The van der Waals surface area contributed by atoms with E-state index in [4.69, 9.17) is 4.74 Å². The zero-order valence-electron chi connectivity index (χ0n) is 22.7. The molecule has 13 nitrogen and oxygen atoms in total. The summed E-state index contributed by atoms with van der Waals surface area (Å²) in [4.78, 5) is 38.6. The Morgan fingerprint density at radius 3 is 2.59 bits per heavy atom. The lowest BCUT2D eigenvalue weighted by atomic mass is 9.49. The molecule has 0 unspecified atom stereocenters. The van der Waals surface area contributed by atoms with Gasteiger partial charge in [-0.2, -0.15) is 15.0 Å². The zero-order chi connectivity index (χ0) is 28.2. The van der Waals surface area contributed by atoms with Crippen molar-refractivity contribution in [3.63, 3.8) is 0 Å². The Bertz CT molecular complexity index is 1390. The van der Waals surface area contributed by atoms with Crippen LogP contribution in [0.1, 0.15) is 30.3 Å². The first-order valence-corrected chi connectivity index (χ1v) is 12.7. The van der Waals surface area contributed by atoms with Gasteiger partial charge >= 0.3 is 0 Å². The summed E-state index contributed by atoms with van der Waals surface area (Å²) in [5.74, 6) is -0.114. The summed E-state index contributed by atoms with van der Waals surface area (Å²) in [6, 6.07) is 6.95. The molecule has 4 N–H and O–H groups in total. The van der Waals surface area contributed by atoms with Gasteiger partial charge in [-0.1, -0.05) is 6.07 Å². The highest BCUT2D eigenvalue weighted by Crippen LogP contribution is 2.37. The predicted octanol–water partition coefficient (Wildman–Crippen LogP) is -1.79. The number of aromatic nitrogens is 5. The van der Waals surface area contributed by atoms with Crippen molar-refractivity contribution in [2.45, 2.75) is 31.5 Å². The number of likely N-dealkylation sites (N-methyl/N-ethyl adjacent to an activating group) is 1. The van der Waals surface area contributed by atoms with E-state index in [0.29, 0.717) is 34.9 Å². The Morgan fingerprint density at radius 1 is 1.15 bits per heavy atom. The third-order valence-electron chi connectivity index (χ3n) is 5.66. The number of methoxy groups -OCH3 is 1. The number of amides is 3. The average molecular weight is 529 g/mol. The molecule has 0 aliphatic heterocycles. The molecule has 3 amide bonds. The number of anilines is 3. The number of carbonyl (C=O) groups excluding carboxylic acids is 3. The second-order valence-electron chi connectivity index (χ2n) is 10.2. The summed E-state index contributed by atoms with van der Waals surface area (Å²) in [6.07, 6.45) is 3.23. The van der Waals surface area contributed by atoms with Gasteiger partial charge < -0.3 is 26.0 Å². The second kappa shape index (κ2) is 11.6. The third kappa shape index (κ3) is 7.15. The maximum atomic E-state index is 13.1. The Hall–Kier alpha value is -4.36.